The molecule has 48 valence electrons. The zero-order valence-electron chi connectivity index (χ0n) is 4.03. The van der Waals surface area contributed by atoms with Crippen molar-refractivity contribution >= 4 is 5.97 Å². The van der Waals surface area contributed by atoms with Gasteiger partial charge >= 0.3 is 5.97 Å². The van der Waals surface area contributed by atoms with E-state index in [1.54, 1.807) is 0 Å². The standard InChI is InChI=1S/C3H7NO4/c5-2(1-4-8)3(6)7/h2,4-5,8H,1H2,(H,6,7). The fourth-order valence-electron chi connectivity index (χ4n) is 0.174. The first-order valence-corrected chi connectivity index (χ1v) is 1.96. The summed E-state index contributed by atoms with van der Waals surface area (Å²) in [6, 6.07) is 0. The number of hydroxylamine groups is 1. The Morgan fingerprint density at radius 1 is 1.75 bits per heavy atom. The van der Waals surface area contributed by atoms with Crippen LogP contribution in [0.3, 0.4) is 0 Å². The van der Waals surface area contributed by atoms with Gasteiger partial charge in [-0.1, -0.05) is 0 Å². The van der Waals surface area contributed by atoms with Crippen molar-refractivity contribution in [2.75, 3.05) is 6.54 Å². The summed E-state index contributed by atoms with van der Waals surface area (Å²) in [7, 11) is 0. The van der Waals surface area contributed by atoms with E-state index >= 15 is 0 Å². The topological polar surface area (TPSA) is 89.8 Å². The first-order valence-electron chi connectivity index (χ1n) is 1.96. The Morgan fingerprint density at radius 3 is 2.38 bits per heavy atom. The second-order valence-corrected chi connectivity index (χ2v) is 1.22. The van der Waals surface area contributed by atoms with E-state index in [0.29, 0.717) is 0 Å². The van der Waals surface area contributed by atoms with Gasteiger partial charge in [-0.2, -0.15) is 0 Å². The summed E-state index contributed by atoms with van der Waals surface area (Å²) in [6.45, 7) is -0.352. The van der Waals surface area contributed by atoms with Crippen LogP contribution in [0.5, 0.6) is 0 Å². The molecule has 0 saturated heterocycles. The van der Waals surface area contributed by atoms with Gasteiger partial charge in [0.2, 0.25) is 0 Å². The fraction of sp³-hybridized carbons (Fsp3) is 0.667. The Balaban J connectivity index is 3.32. The maximum Gasteiger partial charge on any atom is 0.333 e. The number of hydrogen-bond acceptors (Lipinski definition) is 4. The zero-order chi connectivity index (χ0) is 6.57. The largest absolute Gasteiger partial charge is 0.479 e. The molecule has 1 atom stereocenters. The third-order valence-electron chi connectivity index (χ3n) is 0.570. The van der Waals surface area contributed by atoms with E-state index in [0.717, 1.165) is 0 Å². The van der Waals surface area contributed by atoms with Crippen LogP contribution in [0.15, 0.2) is 0 Å². The number of carboxylic acids is 1. The van der Waals surface area contributed by atoms with E-state index in [1.165, 1.54) is 5.48 Å². The zero-order valence-corrected chi connectivity index (χ0v) is 4.03. The molecule has 0 bridgehead atoms. The van der Waals surface area contributed by atoms with Crippen molar-refractivity contribution in [1.29, 1.82) is 0 Å². The normalized spacial score (nSPS) is 13.2. The van der Waals surface area contributed by atoms with Gasteiger partial charge in [0.05, 0.1) is 6.54 Å². The SMILES string of the molecule is O=C(O)C(O)CNO. The fourth-order valence-corrected chi connectivity index (χ4v) is 0.174. The lowest BCUT2D eigenvalue weighted by Crippen LogP contribution is -2.31. The monoisotopic (exact) mass is 121 g/mol. The van der Waals surface area contributed by atoms with E-state index in [-0.39, 0.29) is 6.54 Å². The minimum Gasteiger partial charge on any atom is -0.479 e. The van der Waals surface area contributed by atoms with Crippen molar-refractivity contribution in [2.45, 2.75) is 6.10 Å². The molecule has 0 heterocycles. The number of nitrogens with one attached hydrogen (secondary N) is 1. The van der Waals surface area contributed by atoms with E-state index in [4.69, 9.17) is 15.4 Å². The molecule has 0 aromatic heterocycles. The summed E-state index contributed by atoms with van der Waals surface area (Å²) in [6.07, 6.45) is -1.53. The minimum absolute atomic E-state index is 0.352. The summed E-state index contributed by atoms with van der Waals surface area (Å²) in [5, 5.41) is 24.0. The third kappa shape index (κ3) is 2.51. The lowest BCUT2D eigenvalue weighted by molar-refractivity contribution is -0.147. The van der Waals surface area contributed by atoms with Gasteiger partial charge < -0.3 is 15.4 Å². The van der Waals surface area contributed by atoms with E-state index in [2.05, 4.69) is 0 Å². The lowest BCUT2D eigenvalue weighted by atomic mass is 10.4. The molecule has 0 rings (SSSR count). The molecule has 8 heavy (non-hydrogen) atoms. The number of carboxylic acid groups (broad SMARTS) is 1. The molecule has 0 aliphatic rings. The Bertz CT molecular complexity index is 83.4. The van der Waals surface area contributed by atoms with Gasteiger partial charge in [-0.05, 0) is 0 Å². The molecule has 0 aliphatic carbocycles. The quantitative estimate of drug-likeness (QED) is 0.338. The average molecular weight is 121 g/mol. The molecule has 4 N–H and O–H groups in total. The maximum absolute atomic E-state index is 9.69. The molecule has 5 heteroatoms. The van der Waals surface area contributed by atoms with E-state index < -0.39 is 12.1 Å². The number of aliphatic hydroxyl groups excluding tert-OH is 1. The molecule has 1 unspecified atom stereocenters. The van der Waals surface area contributed by atoms with Crippen LogP contribution in [0.2, 0.25) is 0 Å². The summed E-state index contributed by atoms with van der Waals surface area (Å²) in [5.41, 5.74) is 1.52. The highest BCUT2D eigenvalue weighted by Gasteiger charge is 2.10. The van der Waals surface area contributed by atoms with Crippen molar-refractivity contribution in [1.82, 2.24) is 5.48 Å². The highest BCUT2D eigenvalue weighted by molar-refractivity contribution is 5.72. The molecule has 0 fully saturated rings. The van der Waals surface area contributed by atoms with Crippen LogP contribution >= 0.6 is 0 Å². The van der Waals surface area contributed by atoms with Crippen LogP contribution in [0.4, 0.5) is 0 Å². The van der Waals surface area contributed by atoms with Gasteiger partial charge in [-0.15, -0.1) is 0 Å². The minimum atomic E-state index is -1.53. The molecular weight excluding hydrogens is 114 g/mol. The van der Waals surface area contributed by atoms with Crippen molar-refractivity contribution in [3.8, 4) is 0 Å². The van der Waals surface area contributed by atoms with Gasteiger partial charge in [-0.3, -0.25) is 0 Å². The van der Waals surface area contributed by atoms with Crippen LogP contribution < -0.4 is 5.48 Å². The van der Waals surface area contributed by atoms with Crippen molar-refractivity contribution in [2.24, 2.45) is 0 Å². The van der Waals surface area contributed by atoms with Crippen LogP contribution in [0.25, 0.3) is 0 Å². The molecule has 0 aromatic rings. The summed E-state index contributed by atoms with van der Waals surface area (Å²) in [4.78, 5) is 9.69. The summed E-state index contributed by atoms with van der Waals surface area (Å²) >= 11 is 0. The van der Waals surface area contributed by atoms with Crippen molar-refractivity contribution in [3.05, 3.63) is 0 Å². The number of aliphatic hydroxyl groups is 1. The van der Waals surface area contributed by atoms with Crippen LogP contribution in [-0.4, -0.2) is 34.0 Å². The highest BCUT2D eigenvalue weighted by Crippen LogP contribution is 1.76. The Hall–Kier alpha value is -0.650. The molecule has 0 aliphatic heterocycles. The molecular formula is C3H7NO4. The predicted octanol–water partition coefficient (Wildman–Crippen LogP) is -1.59. The van der Waals surface area contributed by atoms with Gasteiger partial charge in [0.1, 0.15) is 0 Å². The first-order chi connectivity index (χ1) is 3.68. The smallest absolute Gasteiger partial charge is 0.333 e. The van der Waals surface area contributed by atoms with Gasteiger partial charge in [0, 0.05) is 0 Å². The molecule has 0 saturated carbocycles. The molecule has 0 amide bonds. The van der Waals surface area contributed by atoms with Crippen LogP contribution in [0, 0.1) is 0 Å². The van der Waals surface area contributed by atoms with Crippen molar-refractivity contribution < 1.29 is 20.2 Å². The second-order valence-electron chi connectivity index (χ2n) is 1.22. The van der Waals surface area contributed by atoms with E-state index in [9.17, 15) is 4.79 Å². The number of carbonyl (C=O) groups is 1. The molecule has 5 nitrogen and oxygen atoms in total. The van der Waals surface area contributed by atoms with Gasteiger partial charge in [0.25, 0.3) is 0 Å². The lowest BCUT2D eigenvalue weighted by Gasteiger charge is -2.00. The second kappa shape index (κ2) is 3.36. The maximum atomic E-state index is 9.69. The average Bonchev–Trinajstić information content (AvgIpc) is 1.67. The third-order valence-corrected chi connectivity index (χ3v) is 0.570. The number of aliphatic carboxylic acids is 1. The first kappa shape index (κ1) is 7.35. The predicted molar refractivity (Wildman–Crippen MR) is 23.4 cm³/mol. The highest BCUT2D eigenvalue weighted by atomic mass is 16.5. The molecule has 0 spiro atoms. The number of rotatable bonds is 3. The van der Waals surface area contributed by atoms with Gasteiger partial charge in [0.15, 0.2) is 6.10 Å². The van der Waals surface area contributed by atoms with Crippen molar-refractivity contribution in [3.63, 3.8) is 0 Å². The Labute approximate surface area is 45.5 Å². The van der Waals surface area contributed by atoms with E-state index in [1.807, 2.05) is 0 Å². The Kier molecular flexibility index (Phi) is 3.09. The molecule has 0 aromatic carbocycles. The van der Waals surface area contributed by atoms with Gasteiger partial charge in [-0.25, -0.2) is 10.3 Å². The Morgan fingerprint density at radius 2 is 2.25 bits per heavy atom. The summed E-state index contributed by atoms with van der Waals surface area (Å²) in [5.74, 6) is -1.36. The molecule has 0 radical (unpaired) electrons. The number of hydrogen-bond donors (Lipinski definition) is 4. The summed E-state index contributed by atoms with van der Waals surface area (Å²) < 4.78 is 0. The van der Waals surface area contributed by atoms with Crippen LogP contribution in [-0.2, 0) is 4.79 Å². The van der Waals surface area contributed by atoms with Crippen LogP contribution in [0.1, 0.15) is 0 Å².